The Morgan fingerprint density at radius 1 is 1.45 bits per heavy atom. The maximum absolute atomic E-state index is 13.9. The summed E-state index contributed by atoms with van der Waals surface area (Å²) in [6.07, 6.45) is 6.80. The fourth-order valence-electron chi connectivity index (χ4n) is 3.35. The minimum absolute atomic E-state index is 0.139. The molecule has 3 unspecified atom stereocenters. The zero-order valence-electron chi connectivity index (χ0n) is 12.0. The minimum atomic E-state index is -0.236. The van der Waals surface area contributed by atoms with Gasteiger partial charge in [-0.2, -0.15) is 0 Å². The first-order valence-corrected chi connectivity index (χ1v) is 7.91. The molecule has 2 nitrogen and oxygen atoms in total. The number of nitrogens with two attached hydrogens (primary N) is 1. The molecule has 20 heavy (non-hydrogen) atoms. The van der Waals surface area contributed by atoms with Crippen LogP contribution in [0.2, 0.25) is 5.02 Å². The zero-order valence-corrected chi connectivity index (χ0v) is 12.8. The predicted molar refractivity (Wildman–Crippen MR) is 82.0 cm³/mol. The van der Waals surface area contributed by atoms with Crippen LogP contribution in [0, 0.1) is 17.7 Å². The normalized spacial score (nSPS) is 24.6. The van der Waals surface area contributed by atoms with Gasteiger partial charge < -0.3 is 0 Å². The van der Waals surface area contributed by atoms with Crippen molar-refractivity contribution in [2.24, 2.45) is 17.7 Å². The van der Waals surface area contributed by atoms with Crippen LogP contribution in [0.15, 0.2) is 18.2 Å². The van der Waals surface area contributed by atoms with Gasteiger partial charge >= 0.3 is 0 Å². The molecular weight excluding hydrogens is 275 g/mol. The Balaban J connectivity index is 2.04. The summed E-state index contributed by atoms with van der Waals surface area (Å²) >= 11 is 5.79. The highest BCUT2D eigenvalue weighted by Gasteiger charge is 2.27. The molecule has 1 aliphatic carbocycles. The van der Waals surface area contributed by atoms with Crippen LogP contribution in [0.25, 0.3) is 0 Å². The van der Waals surface area contributed by atoms with Crippen LogP contribution in [0.4, 0.5) is 4.39 Å². The Labute approximate surface area is 125 Å². The summed E-state index contributed by atoms with van der Waals surface area (Å²) in [5, 5.41) is 0.437. The van der Waals surface area contributed by atoms with E-state index in [1.165, 1.54) is 38.2 Å². The van der Waals surface area contributed by atoms with Gasteiger partial charge in [-0.25, -0.2) is 4.39 Å². The van der Waals surface area contributed by atoms with Crippen molar-refractivity contribution in [1.82, 2.24) is 5.43 Å². The van der Waals surface area contributed by atoms with Gasteiger partial charge in [-0.3, -0.25) is 11.3 Å². The summed E-state index contributed by atoms with van der Waals surface area (Å²) in [4.78, 5) is 0. The quantitative estimate of drug-likeness (QED) is 0.635. The first-order chi connectivity index (χ1) is 9.63. The average molecular weight is 299 g/mol. The number of hydrogen-bond donors (Lipinski definition) is 2. The lowest BCUT2D eigenvalue weighted by atomic mass is 9.75. The number of nitrogens with one attached hydrogen (secondary N) is 1. The van der Waals surface area contributed by atoms with Gasteiger partial charge in [-0.05, 0) is 48.8 Å². The van der Waals surface area contributed by atoms with E-state index in [0.717, 1.165) is 5.92 Å². The van der Waals surface area contributed by atoms with Crippen molar-refractivity contribution in [2.45, 2.75) is 51.5 Å². The Morgan fingerprint density at radius 2 is 2.25 bits per heavy atom. The first-order valence-electron chi connectivity index (χ1n) is 7.54. The highest BCUT2D eigenvalue weighted by Crippen LogP contribution is 2.34. The number of halogens is 2. The summed E-state index contributed by atoms with van der Waals surface area (Å²) in [6, 6.07) is 5.02. The molecule has 0 spiro atoms. The van der Waals surface area contributed by atoms with Crippen molar-refractivity contribution in [2.75, 3.05) is 0 Å². The van der Waals surface area contributed by atoms with E-state index < -0.39 is 0 Å². The molecule has 1 aliphatic rings. The third kappa shape index (κ3) is 3.94. The Morgan fingerprint density at radius 3 is 2.90 bits per heavy atom. The molecule has 2 rings (SSSR count). The lowest BCUT2D eigenvalue weighted by molar-refractivity contribution is 0.207. The van der Waals surface area contributed by atoms with Gasteiger partial charge in [0.05, 0.1) is 0 Å². The Bertz CT molecular complexity index is 438. The van der Waals surface area contributed by atoms with Gasteiger partial charge in [-0.15, -0.1) is 0 Å². The summed E-state index contributed by atoms with van der Waals surface area (Å²) < 4.78 is 13.9. The zero-order chi connectivity index (χ0) is 14.5. The lowest BCUT2D eigenvalue weighted by Gasteiger charge is -2.34. The van der Waals surface area contributed by atoms with E-state index in [1.54, 1.807) is 12.1 Å². The molecule has 0 amide bonds. The number of benzene rings is 1. The molecule has 0 radical (unpaired) electrons. The maximum Gasteiger partial charge on any atom is 0.127 e. The monoisotopic (exact) mass is 298 g/mol. The maximum atomic E-state index is 13.9. The van der Waals surface area contributed by atoms with E-state index in [2.05, 4.69) is 12.3 Å². The van der Waals surface area contributed by atoms with Gasteiger partial charge in [0.25, 0.3) is 0 Å². The average Bonchev–Trinajstić information content (AvgIpc) is 2.46. The van der Waals surface area contributed by atoms with Crippen molar-refractivity contribution < 1.29 is 4.39 Å². The second-order valence-corrected chi connectivity index (χ2v) is 6.35. The van der Waals surface area contributed by atoms with E-state index in [1.807, 2.05) is 0 Å². The summed E-state index contributed by atoms with van der Waals surface area (Å²) in [6.45, 7) is 2.25. The second kappa shape index (κ2) is 7.39. The number of hydrogen-bond acceptors (Lipinski definition) is 2. The molecule has 112 valence electrons. The molecule has 0 bridgehead atoms. The van der Waals surface area contributed by atoms with Crippen LogP contribution in [0.3, 0.4) is 0 Å². The van der Waals surface area contributed by atoms with Crippen LogP contribution in [-0.4, -0.2) is 6.04 Å². The third-order valence-corrected chi connectivity index (χ3v) is 4.87. The van der Waals surface area contributed by atoms with Crippen molar-refractivity contribution in [1.29, 1.82) is 0 Å². The standard InChI is InChI=1S/C16H24ClFN2/c1-2-11-4-3-5-13(8-11)16(20-19)9-12-6-7-14(17)10-15(12)18/h6-7,10-11,13,16,20H,2-5,8-9,19H2,1H3. The molecule has 0 heterocycles. The van der Waals surface area contributed by atoms with E-state index in [-0.39, 0.29) is 11.9 Å². The van der Waals surface area contributed by atoms with Crippen molar-refractivity contribution in [3.63, 3.8) is 0 Å². The van der Waals surface area contributed by atoms with Gasteiger partial charge in [-0.1, -0.05) is 43.9 Å². The molecule has 1 saturated carbocycles. The lowest BCUT2D eigenvalue weighted by Crippen LogP contribution is -2.44. The van der Waals surface area contributed by atoms with Crippen LogP contribution in [0.1, 0.15) is 44.6 Å². The topological polar surface area (TPSA) is 38.0 Å². The molecule has 3 atom stereocenters. The van der Waals surface area contributed by atoms with E-state index in [4.69, 9.17) is 17.4 Å². The molecule has 1 aromatic rings. The summed E-state index contributed by atoms with van der Waals surface area (Å²) in [5.41, 5.74) is 3.60. The van der Waals surface area contributed by atoms with Crippen LogP contribution >= 0.6 is 11.6 Å². The van der Waals surface area contributed by atoms with Gasteiger partial charge in [0.2, 0.25) is 0 Å². The SMILES string of the molecule is CCC1CCCC(C(Cc2ccc(Cl)cc2F)NN)C1. The molecule has 3 N–H and O–H groups in total. The second-order valence-electron chi connectivity index (χ2n) is 5.91. The molecule has 0 aromatic heterocycles. The van der Waals surface area contributed by atoms with E-state index in [0.29, 0.717) is 22.9 Å². The van der Waals surface area contributed by atoms with Crippen molar-refractivity contribution in [3.8, 4) is 0 Å². The fourth-order valence-corrected chi connectivity index (χ4v) is 3.51. The minimum Gasteiger partial charge on any atom is -0.271 e. The highest BCUT2D eigenvalue weighted by molar-refractivity contribution is 6.30. The Kier molecular flexibility index (Phi) is 5.82. The van der Waals surface area contributed by atoms with Crippen LogP contribution in [0.5, 0.6) is 0 Å². The van der Waals surface area contributed by atoms with Crippen molar-refractivity contribution in [3.05, 3.63) is 34.6 Å². The first kappa shape index (κ1) is 15.7. The molecule has 4 heteroatoms. The number of hydrazine groups is 1. The van der Waals surface area contributed by atoms with E-state index >= 15 is 0 Å². The largest absolute Gasteiger partial charge is 0.271 e. The highest BCUT2D eigenvalue weighted by atomic mass is 35.5. The van der Waals surface area contributed by atoms with Gasteiger partial charge in [0, 0.05) is 11.1 Å². The van der Waals surface area contributed by atoms with Crippen LogP contribution in [-0.2, 0) is 6.42 Å². The summed E-state index contributed by atoms with van der Waals surface area (Å²) in [7, 11) is 0. The molecule has 0 saturated heterocycles. The fraction of sp³-hybridized carbons (Fsp3) is 0.625. The molecule has 1 fully saturated rings. The number of rotatable bonds is 5. The van der Waals surface area contributed by atoms with E-state index in [9.17, 15) is 4.39 Å². The molecule has 1 aromatic carbocycles. The summed E-state index contributed by atoms with van der Waals surface area (Å²) in [5.74, 6) is 6.81. The van der Waals surface area contributed by atoms with Crippen molar-refractivity contribution >= 4 is 11.6 Å². The Hall–Kier alpha value is -0.640. The van der Waals surface area contributed by atoms with Gasteiger partial charge in [0.1, 0.15) is 5.82 Å². The predicted octanol–water partition coefficient (Wildman–Crippen LogP) is 4.07. The molecule has 0 aliphatic heterocycles. The molecular formula is C16H24ClFN2. The van der Waals surface area contributed by atoms with Crippen LogP contribution < -0.4 is 11.3 Å². The van der Waals surface area contributed by atoms with Gasteiger partial charge in [0.15, 0.2) is 0 Å². The third-order valence-electron chi connectivity index (χ3n) is 4.64. The smallest absolute Gasteiger partial charge is 0.127 e.